The highest BCUT2D eigenvalue weighted by Crippen LogP contribution is 2.41. The van der Waals surface area contributed by atoms with Crippen LogP contribution in [-0.2, 0) is 21.4 Å². The quantitative estimate of drug-likeness (QED) is 0.790. The van der Waals surface area contributed by atoms with E-state index in [0.717, 1.165) is 17.5 Å². The van der Waals surface area contributed by atoms with Gasteiger partial charge in [-0.2, -0.15) is 0 Å². The number of carbonyl (C=O) groups excluding carboxylic acids is 2. The Morgan fingerprint density at radius 2 is 1.86 bits per heavy atom. The summed E-state index contributed by atoms with van der Waals surface area (Å²) in [5.41, 5.74) is 3.34. The van der Waals surface area contributed by atoms with Gasteiger partial charge in [0, 0.05) is 24.9 Å². The van der Waals surface area contributed by atoms with Gasteiger partial charge in [-0.25, -0.2) is 4.39 Å². The van der Waals surface area contributed by atoms with Crippen LogP contribution in [0.15, 0.2) is 48.5 Å². The van der Waals surface area contributed by atoms with Crippen LogP contribution in [0.25, 0.3) is 0 Å². The predicted octanol–water partition coefficient (Wildman–Crippen LogP) is 3.85. The van der Waals surface area contributed by atoms with Crippen molar-refractivity contribution >= 4 is 11.8 Å². The second-order valence-electron chi connectivity index (χ2n) is 8.76. The Morgan fingerprint density at radius 3 is 2.62 bits per heavy atom. The molecule has 4 rings (SSSR count). The number of hydrogen-bond acceptors (Lipinski definition) is 2. The Kier molecular flexibility index (Phi) is 5.15. The molecule has 2 aliphatic heterocycles. The van der Waals surface area contributed by atoms with E-state index < -0.39 is 0 Å². The first-order valence-electron chi connectivity index (χ1n) is 10.3. The van der Waals surface area contributed by atoms with Crippen molar-refractivity contribution in [1.82, 2.24) is 9.80 Å². The molecule has 1 atom stereocenters. The van der Waals surface area contributed by atoms with Crippen LogP contribution in [0.4, 0.5) is 4.39 Å². The number of carbonyl (C=O) groups is 2. The molecule has 5 heteroatoms. The summed E-state index contributed by atoms with van der Waals surface area (Å²) >= 11 is 0. The topological polar surface area (TPSA) is 40.6 Å². The maximum atomic E-state index is 13.0. The second kappa shape index (κ2) is 7.62. The first-order valence-corrected chi connectivity index (χ1v) is 10.3. The summed E-state index contributed by atoms with van der Waals surface area (Å²) < 4.78 is 13.0. The first kappa shape index (κ1) is 19.6. The molecule has 4 nitrogen and oxygen atoms in total. The number of rotatable bonds is 4. The highest BCUT2D eigenvalue weighted by Gasteiger charge is 2.43. The summed E-state index contributed by atoms with van der Waals surface area (Å²) in [6.45, 7) is 5.73. The predicted molar refractivity (Wildman–Crippen MR) is 110 cm³/mol. The van der Waals surface area contributed by atoms with Crippen molar-refractivity contribution in [3.05, 3.63) is 71.0 Å². The molecule has 1 unspecified atom stereocenters. The van der Waals surface area contributed by atoms with Gasteiger partial charge in [0.1, 0.15) is 5.82 Å². The lowest BCUT2D eigenvalue weighted by atomic mass is 9.75. The molecule has 1 saturated heterocycles. The monoisotopic (exact) mass is 394 g/mol. The van der Waals surface area contributed by atoms with Crippen molar-refractivity contribution < 1.29 is 14.0 Å². The van der Waals surface area contributed by atoms with Gasteiger partial charge >= 0.3 is 0 Å². The summed E-state index contributed by atoms with van der Waals surface area (Å²) in [6, 6.07) is 14.6. The van der Waals surface area contributed by atoms with Crippen LogP contribution in [0, 0.1) is 5.82 Å². The fraction of sp³-hybridized carbons (Fsp3) is 0.417. The van der Waals surface area contributed by atoms with E-state index in [2.05, 4.69) is 26.0 Å². The molecule has 0 bridgehead atoms. The average molecular weight is 394 g/mol. The molecule has 0 aliphatic carbocycles. The van der Waals surface area contributed by atoms with Crippen LogP contribution >= 0.6 is 0 Å². The second-order valence-corrected chi connectivity index (χ2v) is 8.76. The third-order valence-corrected chi connectivity index (χ3v) is 6.15. The molecular weight excluding hydrogens is 367 g/mol. The van der Waals surface area contributed by atoms with E-state index in [1.165, 1.54) is 17.7 Å². The van der Waals surface area contributed by atoms with Gasteiger partial charge in [0.2, 0.25) is 11.8 Å². The van der Waals surface area contributed by atoms with Gasteiger partial charge < -0.3 is 9.80 Å². The number of fused-ring (bicyclic) bond motifs is 3. The number of benzene rings is 2. The number of amides is 2. The van der Waals surface area contributed by atoms with Crippen LogP contribution in [0.3, 0.4) is 0 Å². The summed E-state index contributed by atoms with van der Waals surface area (Å²) in [5.74, 6) is -0.213. The van der Waals surface area contributed by atoms with Crippen molar-refractivity contribution in [2.45, 2.75) is 44.6 Å². The van der Waals surface area contributed by atoms with E-state index in [0.29, 0.717) is 25.9 Å². The zero-order valence-electron chi connectivity index (χ0n) is 17.0. The number of hydrogen-bond donors (Lipinski definition) is 0. The maximum absolute atomic E-state index is 13.0. The lowest BCUT2D eigenvalue weighted by Crippen LogP contribution is -2.58. The normalized spacial score (nSPS) is 20.2. The van der Waals surface area contributed by atoms with E-state index in [4.69, 9.17) is 0 Å². The molecule has 2 aliphatic rings. The first-order chi connectivity index (χ1) is 13.8. The number of halogens is 1. The van der Waals surface area contributed by atoms with Gasteiger partial charge in [0.15, 0.2) is 0 Å². The van der Waals surface area contributed by atoms with E-state index in [1.807, 2.05) is 17.0 Å². The molecule has 1 fully saturated rings. The lowest BCUT2D eigenvalue weighted by Gasteiger charge is -2.49. The van der Waals surface area contributed by atoms with Gasteiger partial charge in [-0.05, 0) is 41.7 Å². The Labute approximate surface area is 171 Å². The van der Waals surface area contributed by atoms with Gasteiger partial charge in [-0.1, -0.05) is 50.2 Å². The number of aryl methyl sites for hydroxylation is 1. The maximum Gasteiger partial charge on any atom is 0.242 e. The molecule has 0 spiro atoms. The molecule has 152 valence electrons. The van der Waals surface area contributed by atoms with Crippen LogP contribution in [0.1, 0.15) is 49.4 Å². The van der Waals surface area contributed by atoms with E-state index in [9.17, 15) is 14.0 Å². The summed E-state index contributed by atoms with van der Waals surface area (Å²) in [4.78, 5) is 29.3. The van der Waals surface area contributed by atoms with Crippen LogP contribution in [0.2, 0.25) is 0 Å². The number of piperazine rings is 1. The van der Waals surface area contributed by atoms with Crippen molar-refractivity contribution in [2.24, 2.45) is 0 Å². The molecule has 2 aromatic rings. The zero-order chi connectivity index (χ0) is 20.6. The molecule has 2 aromatic carbocycles. The van der Waals surface area contributed by atoms with E-state index in [1.54, 1.807) is 17.0 Å². The molecule has 2 heterocycles. The minimum Gasteiger partial charge on any atom is -0.331 e. The largest absolute Gasteiger partial charge is 0.331 e. The Morgan fingerprint density at radius 1 is 1.14 bits per heavy atom. The van der Waals surface area contributed by atoms with Crippen molar-refractivity contribution in [1.29, 1.82) is 0 Å². The third-order valence-electron chi connectivity index (χ3n) is 6.15. The van der Waals surface area contributed by atoms with Crippen molar-refractivity contribution in [2.75, 3.05) is 19.6 Å². The van der Waals surface area contributed by atoms with Gasteiger partial charge in [0.05, 0.1) is 12.6 Å². The third kappa shape index (κ3) is 3.91. The smallest absolute Gasteiger partial charge is 0.242 e. The molecule has 0 saturated carbocycles. The SMILES string of the molecule is CC1(C)CN2C(=O)CN(C(=O)CCCc3ccc(F)cc3)CC2c2ccccc21. The van der Waals surface area contributed by atoms with Gasteiger partial charge in [-0.3, -0.25) is 9.59 Å². The molecule has 29 heavy (non-hydrogen) atoms. The standard InChI is InChI=1S/C24H27FN2O2/c1-24(2)16-27-21(19-7-3-4-8-20(19)24)14-26(15-23(27)29)22(28)9-5-6-17-10-12-18(25)13-11-17/h3-4,7-8,10-13,21H,5-6,9,14-16H2,1-2H3. The van der Waals surface area contributed by atoms with Crippen molar-refractivity contribution in [3.8, 4) is 0 Å². The Bertz CT molecular complexity index is 923. The fourth-order valence-electron chi connectivity index (χ4n) is 4.62. The van der Waals surface area contributed by atoms with E-state index in [-0.39, 0.29) is 35.6 Å². The van der Waals surface area contributed by atoms with E-state index >= 15 is 0 Å². The van der Waals surface area contributed by atoms with Gasteiger partial charge in [0.25, 0.3) is 0 Å². The molecular formula is C24H27FN2O2. The highest BCUT2D eigenvalue weighted by molar-refractivity contribution is 5.87. The Balaban J connectivity index is 1.44. The molecule has 0 N–H and O–H groups in total. The average Bonchev–Trinajstić information content (AvgIpc) is 2.70. The molecule has 0 aromatic heterocycles. The van der Waals surface area contributed by atoms with Crippen LogP contribution < -0.4 is 0 Å². The summed E-state index contributed by atoms with van der Waals surface area (Å²) in [7, 11) is 0. The molecule has 0 radical (unpaired) electrons. The summed E-state index contributed by atoms with van der Waals surface area (Å²) in [5, 5.41) is 0. The Hall–Kier alpha value is -2.69. The minimum atomic E-state index is -0.253. The minimum absolute atomic E-state index is 0.0161. The lowest BCUT2D eigenvalue weighted by molar-refractivity contribution is -0.150. The zero-order valence-corrected chi connectivity index (χ0v) is 17.0. The van der Waals surface area contributed by atoms with Crippen LogP contribution in [-0.4, -0.2) is 41.2 Å². The highest BCUT2D eigenvalue weighted by atomic mass is 19.1. The van der Waals surface area contributed by atoms with Crippen LogP contribution in [0.5, 0.6) is 0 Å². The number of nitrogens with zero attached hydrogens (tertiary/aromatic N) is 2. The van der Waals surface area contributed by atoms with Gasteiger partial charge in [-0.15, -0.1) is 0 Å². The summed E-state index contributed by atoms with van der Waals surface area (Å²) in [6.07, 6.45) is 1.80. The fourth-order valence-corrected chi connectivity index (χ4v) is 4.62. The molecule has 2 amide bonds. The van der Waals surface area contributed by atoms with Crippen molar-refractivity contribution in [3.63, 3.8) is 0 Å².